The molecule has 1 saturated heterocycles. The third-order valence-corrected chi connectivity index (χ3v) is 2.91. The lowest BCUT2D eigenvalue weighted by molar-refractivity contribution is 0.529. The van der Waals surface area contributed by atoms with Crippen LogP contribution in [0, 0.1) is 4.78 Å². The Kier molecular flexibility index (Phi) is 3.62. The minimum Gasteiger partial charge on any atom is -0.240 e. The van der Waals surface area contributed by atoms with Crippen LogP contribution in [0.1, 0.15) is 12.8 Å². The minimum absolute atomic E-state index is 0. The van der Waals surface area contributed by atoms with Gasteiger partial charge in [0.15, 0.2) is 0 Å². The second-order valence-electron chi connectivity index (χ2n) is 2.44. The molecule has 0 spiro atoms. The Morgan fingerprint density at radius 3 is 2.00 bits per heavy atom. The Morgan fingerprint density at radius 1 is 1.40 bits per heavy atom. The first-order chi connectivity index (χ1) is 4.11. The van der Waals surface area contributed by atoms with Gasteiger partial charge in [-0.3, -0.25) is 0 Å². The van der Waals surface area contributed by atoms with E-state index in [1.165, 1.54) is 6.26 Å². The van der Waals surface area contributed by atoms with Gasteiger partial charge in [0.1, 0.15) is 9.92 Å². The van der Waals surface area contributed by atoms with Crippen LogP contribution in [0.5, 0.6) is 0 Å². The van der Waals surface area contributed by atoms with Crippen molar-refractivity contribution in [3.05, 3.63) is 0 Å². The van der Waals surface area contributed by atoms with Gasteiger partial charge in [-0.1, -0.05) is 0 Å². The van der Waals surface area contributed by atoms with Crippen molar-refractivity contribution in [3.8, 4) is 0 Å². The molecule has 1 N–H and O–H groups in total. The van der Waals surface area contributed by atoms with Crippen LogP contribution < -0.4 is 0 Å². The summed E-state index contributed by atoms with van der Waals surface area (Å²) in [5, 5.41) is 0. The third kappa shape index (κ3) is 2.44. The van der Waals surface area contributed by atoms with Crippen molar-refractivity contribution in [1.29, 1.82) is 4.78 Å². The number of nitrogens with zero attached hydrogens (tertiary/aromatic N) is 1. The van der Waals surface area contributed by atoms with Gasteiger partial charge in [0.2, 0.25) is 0 Å². The summed E-state index contributed by atoms with van der Waals surface area (Å²) in [6.07, 6.45) is 3.69. The highest BCUT2D eigenvalue weighted by Crippen LogP contribution is 2.10. The summed E-state index contributed by atoms with van der Waals surface area (Å²) in [6.45, 7) is 1.69. The predicted octanol–water partition coefficient (Wildman–Crippen LogP) is 1.10. The highest BCUT2D eigenvalue weighted by molar-refractivity contribution is 7.89. The fourth-order valence-electron chi connectivity index (χ4n) is 1.04. The van der Waals surface area contributed by atoms with Crippen molar-refractivity contribution >= 4 is 22.3 Å². The van der Waals surface area contributed by atoms with E-state index < -0.39 is 9.92 Å². The zero-order chi connectivity index (χ0) is 6.91. The van der Waals surface area contributed by atoms with Gasteiger partial charge in [0, 0.05) is 19.3 Å². The molecule has 62 valence electrons. The van der Waals surface area contributed by atoms with E-state index in [-0.39, 0.29) is 12.4 Å². The van der Waals surface area contributed by atoms with Crippen LogP contribution in [0.2, 0.25) is 0 Å². The second kappa shape index (κ2) is 3.55. The average molecular weight is 185 g/mol. The van der Waals surface area contributed by atoms with Crippen molar-refractivity contribution < 1.29 is 4.21 Å². The molecule has 0 amide bonds. The summed E-state index contributed by atoms with van der Waals surface area (Å²) < 4.78 is 19.9. The molecule has 0 aromatic heterocycles. The SMILES string of the molecule is CS(=N)(=O)N1CCCC1.Cl. The molecule has 0 bridgehead atoms. The number of hydrogen-bond acceptors (Lipinski definition) is 2. The van der Waals surface area contributed by atoms with Crippen molar-refractivity contribution in [3.63, 3.8) is 0 Å². The summed E-state index contributed by atoms with van der Waals surface area (Å²) in [6, 6.07) is 0. The Hall–Kier alpha value is 0.200. The molecule has 0 aliphatic carbocycles. The summed E-state index contributed by atoms with van der Waals surface area (Å²) in [5.41, 5.74) is 0. The Labute approximate surface area is 68.3 Å². The fourth-order valence-corrected chi connectivity index (χ4v) is 1.99. The van der Waals surface area contributed by atoms with Gasteiger partial charge in [0.25, 0.3) is 0 Å². The average Bonchev–Trinajstić information content (AvgIpc) is 2.08. The summed E-state index contributed by atoms with van der Waals surface area (Å²) in [7, 11) is -2.37. The zero-order valence-electron chi connectivity index (χ0n) is 6.00. The van der Waals surface area contributed by atoms with Crippen molar-refractivity contribution in [1.82, 2.24) is 4.31 Å². The first-order valence-corrected chi connectivity index (χ1v) is 5.02. The van der Waals surface area contributed by atoms with E-state index in [9.17, 15) is 4.21 Å². The largest absolute Gasteiger partial charge is 0.240 e. The zero-order valence-corrected chi connectivity index (χ0v) is 7.63. The van der Waals surface area contributed by atoms with Crippen LogP contribution in [0.15, 0.2) is 0 Å². The van der Waals surface area contributed by atoms with Gasteiger partial charge in [-0.15, -0.1) is 12.4 Å². The van der Waals surface area contributed by atoms with Gasteiger partial charge in [-0.05, 0) is 12.8 Å². The fraction of sp³-hybridized carbons (Fsp3) is 1.00. The molecule has 1 aliphatic heterocycles. The van der Waals surface area contributed by atoms with Crippen LogP contribution in [0.25, 0.3) is 0 Å². The molecule has 1 rings (SSSR count). The lowest BCUT2D eigenvalue weighted by Crippen LogP contribution is -2.24. The molecular formula is C5H13ClN2OS. The minimum atomic E-state index is -2.37. The van der Waals surface area contributed by atoms with E-state index in [2.05, 4.69) is 0 Å². The van der Waals surface area contributed by atoms with Crippen LogP contribution in [-0.2, 0) is 9.92 Å². The van der Waals surface area contributed by atoms with Gasteiger partial charge < -0.3 is 0 Å². The summed E-state index contributed by atoms with van der Waals surface area (Å²) in [5.74, 6) is 0. The number of rotatable bonds is 1. The molecule has 1 unspecified atom stereocenters. The standard InChI is InChI=1S/C5H12N2OS.ClH/c1-9(6,8)7-4-2-3-5-7;/h6H,2-5H2,1H3;1H. The second-order valence-corrected chi connectivity index (χ2v) is 4.56. The molecule has 0 aromatic carbocycles. The quantitative estimate of drug-likeness (QED) is 0.652. The maximum Gasteiger partial charge on any atom is 0.104 e. The molecule has 0 aromatic rings. The normalized spacial score (nSPS) is 25.3. The van der Waals surface area contributed by atoms with E-state index in [1.807, 2.05) is 0 Å². The van der Waals surface area contributed by atoms with Crippen molar-refractivity contribution in [2.75, 3.05) is 19.3 Å². The highest BCUT2D eigenvalue weighted by atomic mass is 35.5. The van der Waals surface area contributed by atoms with Crippen LogP contribution in [0.3, 0.4) is 0 Å². The molecule has 1 aliphatic rings. The third-order valence-electron chi connectivity index (χ3n) is 1.56. The molecule has 1 atom stereocenters. The van der Waals surface area contributed by atoms with Crippen LogP contribution in [-0.4, -0.2) is 27.9 Å². The van der Waals surface area contributed by atoms with Gasteiger partial charge in [-0.25, -0.2) is 13.3 Å². The Balaban J connectivity index is 0.000000810. The molecule has 1 heterocycles. The maximum absolute atomic E-state index is 11.0. The smallest absolute Gasteiger partial charge is 0.104 e. The Bertz CT molecular complexity index is 184. The topological polar surface area (TPSA) is 44.2 Å². The molecule has 0 radical (unpaired) electrons. The van der Waals surface area contributed by atoms with E-state index in [0.717, 1.165) is 25.9 Å². The molecular weight excluding hydrogens is 172 g/mol. The van der Waals surface area contributed by atoms with E-state index in [1.54, 1.807) is 4.31 Å². The van der Waals surface area contributed by atoms with Crippen LogP contribution >= 0.6 is 12.4 Å². The molecule has 1 fully saturated rings. The Morgan fingerprint density at radius 2 is 1.80 bits per heavy atom. The maximum atomic E-state index is 11.0. The van der Waals surface area contributed by atoms with Gasteiger partial charge in [-0.2, -0.15) is 0 Å². The number of halogens is 1. The summed E-state index contributed by atoms with van der Waals surface area (Å²) >= 11 is 0. The van der Waals surface area contributed by atoms with Crippen molar-refractivity contribution in [2.45, 2.75) is 12.8 Å². The molecule has 5 heteroatoms. The molecule has 0 saturated carbocycles. The van der Waals surface area contributed by atoms with Crippen LogP contribution in [0.4, 0.5) is 0 Å². The first-order valence-electron chi connectivity index (χ1n) is 3.09. The van der Waals surface area contributed by atoms with Gasteiger partial charge >= 0.3 is 0 Å². The lowest BCUT2D eigenvalue weighted by Gasteiger charge is -2.13. The van der Waals surface area contributed by atoms with E-state index >= 15 is 0 Å². The predicted molar refractivity (Wildman–Crippen MR) is 44.8 cm³/mol. The van der Waals surface area contributed by atoms with Gasteiger partial charge in [0.05, 0.1) is 0 Å². The van der Waals surface area contributed by atoms with E-state index in [4.69, 9.17) is 4.78 Å². The number of hydrogen-bond donors (Lipinski definition) is 1. The molecule has 3 nitrogen and oxygen atoms in total. The van der Waals surface area contributed by atoms with E-state index in [0.29, 0.717) is 0 Å². The highest BCUT2D eigenvalue weighted by Gasteiger charge is 2.16. The lowest BCUT2D eigenvalue weighted by atomic mass is 10.4. The molecule has 10 heavy (non-hydrogen) atoms. The monoisotopic (exact) mass is 184 g/mol. The van der Waals surface area contributed by atoms with Crippen molar-refractivity contribution in [2.24, 2.45) is 0 Å². The summed E-state index contributed by atoms with van der Waals surface area (Å²) in [4.78, 5) is 0. The number of nitrogens with one attached hydrogen (secondary N) is 1. The first kappa shape index (κ1) is 10.2.